The number of aliphatic carboxylic acids is 1. The average molecular weight is 236 g/mol. The summed E-state index contributed by atoms with van der Waals surface area (Å²) in [5, 5.41) is 8.84. The summed E-state index contributed by atoms with van der Waals surface area (Å²) in [5.41, 5.74) is 1.12. The van der Waals surface area contributed by atoms with E-state index in [9.17, 15) is 9.59 Å². The molecule has 0 heterocycles. The third-order valence-electron chi connectivity index (χ3n) is 2.45. The summed E-state index contributed by atoms with van der Waals surface area (Å²) in [4.78, 5) is 22.2. The van der Waals surface area contributed by atoms with Crippen molar-refractivity contribution in [1.82, 2.24) is 0 Å². The third kappa shape index (κ3) is 3.59. The molecule has 0 spiro atoms. The van der Waals surface area contributed by atoms with Crippen LogP contribution < -0.4 is 0 Å². The molecule has 0 aromatic heterocycles. The lowest BCUT2D eigenvalue weighted by molar-refractivity contribution is -0.138. The molecule has 4 nitrogen and oxygen atoms in total. The standard InChI is InChI=1S/C13H16O4/c1-3-8-17-13(16)11-6-4-10(5-7-11)9(2)12(14)15/h4-7,9H,3,8H2,1-2H3,(H,14,15). The molecule has 4 heteroatoms. The summed E-state index contributed by atoms with van der Waals surface area (Å²) in [6.07, 6.45) is 0.778. The van der Waals surface area contributed by atoms with Crippen molar-refractivity contribution in [2.24, 2.45) is 0 Å². The molecule has 17 heavy (non-hydrogen) atoms. The fourth-order valence-corrected chi connectivity index (χ4v) is 1.33. The van der Waals surface area contributed by atoms with Crippen molar-refractivity contribution in [2.75, 3.05) is 6.61 Å². The van der Waals surface area contributed by atoms with Crippen molar-refractivity contribution in [2.45, 2.75) is 26.2 Å². The number of hydrogen-bond donors (Lipinski definition) is 1. The maximum atomic E-state index is 11.5. The SMILES string of the molecule is CCCOC(=O)c1ccc(C(C)C(=O)O)cc1. The highest BCUT2D eigenvalue weighted by Gasteiger charge is 2.14. The van der Waals surface area contributed by atoms with Crippen LogP contribution in [0.25, 0.3) is 0 Å². The van der Waals surface area contributed by atoms with E-state index < -0.39 is 11.9 Å². The van der Waals surface area contributed by atoms with E-state index in [-0.39, 0.29) is 5.97 Å². The Kier molecular flexibility index (Phi) is 4.69. The molecule has 0 bridgehead atoms. The predicted molar refractivity (Wildman–Crippen MR) is 63.1 cm³/mol. The van der Waals surface area contributed by atoms with Crippen LogP contribution in [0.1, 0.15) is 42.1 Å². The zero-order chi connectivity index (χ0) is 12.8. The van der Waals surface area contributed by atoms with Crippen LogP contribution in [-0.2, 0) is 9.53 Å². The van der Waals surface area contributed by atoms with Gasteiger partial charge in [-0.1, -0.05) is 19.1 Å². The van der Waals surface area contributed by atoms with Crippen molar-refractivity contribution in [3.05, 3.63) is 35.4 Å². The second kappa shape index (κ2) is 6.03. The Morgan fingerprint density at radius 1 is 1.29 bits per heavy atom. The molecule has 0 amide bonds. The van der Waals surface area contributed by atoms with Crippen LogP contribution in [0.5, 0.6) is 0 Å². The fraction of sp³-hybridized carbons (Fsp3) is 0.385. The lowest BCUT2D eigenvalue weighted by Gasteiger charge is -2.07. The topological polar surface area (TPSA) is 63.6 Å². The minimum Gasteiger partial charge on any atom is -0.481 e. The number of carbonyl (C=O) groups excluding carboxylic acids is 1. The van der Waals surface area contributed by atoms with E-state index in [4.69, 9.17) is 9.84 Å². The fourth-order valence-electron chi connectivity index (χ4n) is 1.33. The Labute approximate surface area is 100 Å². The van der Waals surface area contributed by atoms with Gasteiger partial charge in [-0.15, -0.1) is 0 Å². The number of carbonyl (C=O) groups is 2. The Morgan fingerprint density at radius 2 is 1.88 bits per heavy atom. The number of benzene rings is 1. The predicted octanol–water partition coefficient (Wildman–Crippen LogP) is 2.44. The molecule has 0 aliphatic carbocycles. The van der Waals surface area contributed by atoms with Gasteiger partial charge in [0.2, 0.25) is 0 Å². The van der Waals surface area contributed by atoms with E-state index in [0.29, 0.717) is 17.7 Å². The largest absolute Gasteiger partial charge is 0.481 e. The molecule has 0 fully saturated rings. The quantitative estimate of drug-likeness (QED) is 0.797. The molecule has 0 aliphatic heterocycles. The summed E-state index contributed by atoms with van der Waals surface area (Å²) in [6.45, 7) is 3.92. The summed E-state index contributed by atoms with van der Waals surface area (Å²) < 4.78 is 4.97. The van der Waals surface area contributed by atoms with Crippen LogP contribution in [0.2, 0.25) is 0 Å². The molecule has 1 N–H and O–H groups in total. The summed E-state index contributed by atoms with van der Waals surface area (Å²) in [7, 11) is 0. The number of ether oxygens (including phenoxy) is 1. The van der Waals surface area contributed by atoms with Gasteiger partial charge in [-0.25, -0.2) is 4.79 Å². The van der Waals surface area contributed by atoms with Crippen LogP contribution in [0.4, 0.5) is 0 Å². The minimum atomic E-state index is -0.883. The lowest BCUT2D eigenvalue weighted by atomic mass is 10.0. The van der Waals surface area contributed by atoms with E-state index in [2.05, 4.69) is 0 Å². The van der Waals surface area contributed by atoms with Crippen LogP contribution >= 0.6 is 0 Å². The van der Waals surface area contributed by atoms with Crippen LogP contribution in [0, 0.1) is 0 Å². The monoisotopic (exact) mass is 236 g/mol. The summed E-state index contributed by atoms with van der Waals surface area (Å²) in [6, 6.07) is 6.46. The molecule has 0 radical (unpaired) electrons. The van der Waals surface area contributed by atoms with Crippen molar-refractivity contribution < 1.29 is 19.4 Å². The van der Waals surface area contributed by atoms with Crippen molar-refractivity contribution >= 4 is 11.9 Å². The van der Waals surface area contributed by atoms with Crippen molar-refractivity contribution in [3.63, 3.8) is 0 Å². The first-order valence-corrected chi connectivity index (χ1v) is 5.56. The highest BCUT2D eigenvalue weighted by Crippen LogP contribution is 2.16. The van der Waals surface area contributed by atoms with Crippen molar-refractivity contribution in [1.29, 1.82) is 0 Å². The summed E-state index contributed by atoms with van der Waals surface area (Å²) in [5.74, 6) is -1.83. The van der Waals surface area contributed by atoms with E-state index in [1.807, 2.05) is 6.92 Å². The number of carboxylic acids is 1. The molecule has 0 saturated heterocycles. The van der Waals surface area contributed by atoms with Gasteiger partial charge in [0.1, 0.15) is 0 Å². The maximum Gasteiger partial charge on any atom is 0.338 e. The van der Waals surface area contributed by atoms with E-state index in [0.717, 1.165) is 6.42 Å². The number of esters is 1. The molecule has 1 unspecified atom stereocenters. The Hall–Kier alpha value is -1.84. The zero-order valence-electron chi connectivity index (χ0n) is 9.97. The van der Waals surface area contributed by atoms with Crippen LogP contribution in [0.3, 0.4) is 0 Å². The lowest BCUT2D eigenvalue weighted by Crippen LogP contribution is -2.09. The molecule has 1 aromatic rings. The molecule has 1 rings (SSSR count). The van der Waals surface area contributed by atoms with Gasteiger partial charge in [0.15, 0.2) is 0 Å². The number of hydrogen-bond acceptors (Lipinski definition) is 3. The van der Waals surface area contributed by atoms with E-state index >= 15 is 0 Å². The van der Waals surface area contributed by atoms with Gasteiger partial charge in [0.25, 0.3) is 0 Å². The second-order valence-corrected chi connectivity index (χ2v) is 3.82. The Bertz CT molecular complexity index is 394. The first kappa shape index (κ1) is 13.2. The van der Waals surface area contributed by atoms with Crippen LogP contribution in [-0.4, -0.2) is 23.7 Å². The van der Waals surface area contributed by atoms with Gasteiger partial charge in [-0.05, 0) is 31.0 Å². The maximum absolute atomic E-state index is 11.5. The van der Waals surface area contributed by atoms with Gasteiger partial charge in [-0.2, -0.15) is 0 Å². The second-order valence-electron chi connectivity index (χ2n) is 3.82. The van der Waals surface area contributed by atoms with Crippen LogP contribution in [0.15, 0.2) is 24.3 Å². The van der Waals surface area contributed by atoms with Gasteiger partial charge < -0.3 is 9.84 Å². The van der Waals surface area contributed by atoms with Gasteiger partial charge in [-0.3, -0.25) is 4.79 Å². The first-order valence-electron chi connectivity index (χ1n) is 5.56. The Balaban J connectivity index is 2.74. The molecule has 92 valence electrons. The normalized spacial score (nSPS) is 11.9. The molecular formula is C13H16O4. The molecule has 0 aliphatic rings. The molecular weight excluding hydrogens is 220 g/mol. The van der Waals surface area contributed by atoms with Gasteiger partial charge in [0.05, 0.1) is 18.1 Å². The number of carboxylic acid groups (broad SMARTS) is 1. The third-order valence-corrected chi connectivity index (χ3v) is 2.45. The molecule has 1 aromatic carbocycles. The first-order chi connectivity index (χ1) is 8.06. The van der Waals surface area contributed by atoms with E-state index in [1.165, 1.54) is 0 Å². The highest BCUT2D eigenvalue weighted by atomic mass is 16.5. The summed E-state index contributed by atoms with van der Waals surface area (Å²) >= 11 is 0. The molecule has 1 atom stereocenters. The van der Waals surface area contributed by atoms with Crippen molar-refractivity contribution in [3.8, 4) is 0 Å². The van der Waals surface area contributed by atoms with Gasteiger partial charge >= 0.3 is 11.9 Å². The van der Waals surface area contributed by atoms with E-state index in [1.54, 1.807) is 31.2 Å². The Morgan fingerprint density at radius 3 is 2.35 bits per heavy atom. The molecule has 0 saturated carbocycles. The highest BCUT2D eigenvalue weighted by molar-refractivity contribution is 5.89. The zero-order valence-corrected chi connectivity index (χ0v) is 9.97. The average Bonchev–Trinajstić information content (AvgIpc) is 2.35. The van der Waals surface area contributed by atoms with Gasteiger partial charge in [0, 0.05) is 0 Å². The number of rotatable bonds is 5. The minimum absolute atomic E-state index is 0.374. The smallest absolute Gasteiger partial charge is 0.338 e.